The van der Waals surface area contributed by atoms with Crippen molar-refractivity contribution in [2.45, 2.75) is 12.1 Å². The maximum atomic E-state index is 10.9. The van der Waals surface area contributed by atoms with Crippen LogP contribution in [0.4, 0.5) is 11.4 Å². The minimum Gasteiger partial charge on any atom is -0.491 e. The van der Waals surface area contributed by atoms with E-state index < -0.39 is 6.10 Å². The number of hydrogen-bond donors (Lipinski definition) is 2. The third-order valence-electron chi connectivity index (χ3n) is 6.32. The third-order valence-corrected chi connectivity index (χ3v) is 6.57. The van der Waals surface area contributed by atoms with Crippen molar-refractivity contribution < 1.29 is 14.9 Å². The molecule has 0 bridgehead atoms. The smallest absolute Gasteiger partial charge is 0.187 e. The van der Waals surface area contributed by atoms with E-state index >= 15 is 0 Å². The number of rotatable bonds is 8. The van der Waals surface area contributed by atoms with Crippen LogP contribution in [0.5, 0.6) is 5.75 Å². The molecule has 3 aromatic rings. The van der Waals surface area contributed by atoms with Crippen LogP contribution in [-0.4, -0.2) is 54.5 Å². The molecular formula is C28H27ClN4O3. The summed E-state index contributed by atoms with van der Waals surface area (Å²) in [5.41, 5.74) is 3.69. The number of anilines is 1. The zero-order valence-electron chi connectivity index (χ0n) is 19.7. The van der Waals surface area contributed by atoms with Gasteiger partial charge in [0.25, 0.3) is 0 Å². The van der Waals surface area contributed by atoms with Crippen LogP contribution in [0.3, 0.4) is 0 Å². The Kier molecular flexibility index (Phi) is 8.43. The summed E-state index contributed by atoms with van der Waals surface area (Å²) < 4.78 is 5.50. The van der Waals surface area contributed by atoms with E-state index in [4.69, 9.17) is 28.0 Å². The molecule has 7 nitrogen and oxygen atoms in total. The second-order valence-corrected chi connectivity index (χ2v) is 9.04. The summed E-state index contributed by atoms with van der Waals surface area (Å²) in [4.78, 5) is 7.84. The summed E-state index contributed by atoms with van der Waals surface area (Å²) in [7, 11) is 0. The van der Waals surface area contributed by atoms with E-state index in [2.05, 4.69) is 20.7 Å². The first-order valence-corrected chi connectivity index (χ1v) is 12.1. The molecule has 0 radical (unpaired) electrons. The summed E-state index contributed by atoms with van der Waals surface area (Å²) >= 11 is 6.15. The molecule has 0 spiro atoms. The van der Waals surface area contributed by atoms with E-state index in [1.807, 2.05) is 36.4 Å². The molecule has 1 aliphatic heterocycles. The van der Waals surface area contributed by atoms with Gasteiger partial charge in [0.15, 0.2) is 5.69 Å². The van der Waals surface area contributed by atoms with Crippen molar-refractivity contribution in [2.75, 3.05) is 44.3 Å². The number of benzene rings is 3. The van der Waals surface area contributed by atoms with Gasteiger partial charge in [0.1, 0.15) is 18.4 Å². The average Bonchev–Trinajstić information content (AvgIpc) is 2.92. The number of nitriles is 1. The summed E-state index contributed by atoms with van der Waals surface area (Å²) in [6, 6.07) is 22.4. The molecule has 1 saturated heterocycles. The molecule has 4 rings (SSSR count). The zero-order chi connectivity index (χ0) is 25.5. The Hall–Kier alpha value is -3.59. The van der Waals surface area contributed by atoms with E-state index in [-0.39, 0.29) is 19.3 Å². The van der Waals surface area contributed by atoms with Crippen molar-refractivity contribution in [1.29, 1.82) is 5.26 Å². The lowest BCUT2D eigenvalue weighted by molar-refractivity contribution is 0.100. The number of halogens is 1. The van der Waals surface area contributed by atoms with Crippen LogP contribution in [-0.2, 0) is 0 Å². The van der Waals surface area contributed by atoms with Crippen molar-refractivity contribution in [3.05, 3.63) is 99.9 Å². The van der Waals surface area contributed by atoms with Gasteiger partial charge in [-0.15, -0.1) is 0 Å². The molecule has 0 amide bonds. The molecule has 1 aliphatic rings. The highest BCUT2D eigenvalue weighted by atomic mass is 35.5. The van der Waals surface area contributed by atoms with Crippen LogP contribution in [0.2, 0.25) is 5.02 Å². The molecule has 2 atom stereocenters. The first kappa shape index (κ1) is 25.5. The fourth-order valence-electron chi connectivity index (χ4n) is 4.49. The third kappa shape index (κ3) is 5.96. The van der Waals surface area contributed by atoms with Gasteiger partial charge in [0.2, 0.25) is 0 Å². The summed E-state index contributed by atoms with van der Waals surface area (Å²) in [5.74, 6) is 0.540. The van der Waals surface area contributed by atoms with Gasteiger partial charge in [0.05, 0.1) is 36.6 Å². The van der Waals surface area contributed by atoms with Crippen molar-refractivity contribution in [3.63, 3.8) is 0 Å². The number of piperazine rings is 1. The highest BCUT2D eigenvalue weighted by molar-refractivity contribution is 6.30. The molecule has 0 saturated carbocycles. The molecule has 1 fully saturated rings. The average molecular weight is 503 g/mol. The minimum atomic E-state index is -0.681. The van der Waals surface area contributed by atoms with E-state index in [0.29, 0.717) is 48.2 Å². The molecule has 0 unspecified atom stereocenters. The van der Waals surface area contributed by atoms with Crippen molar-refractivity contribution in [1.82, 2.24) is 4.90 Å². The minimum absolute atomic E-state index is 0.0657. The summed E-state index contributed by atoms with van der Waals surface area (Å²) in [6.45, 7) is 9.63. The van der Waals surface area contributed by atoms with Gasteiger partial charge in [-0.05, 0) is 41.5 Å². The number of hydrogen-bond acceptors (Lipinski definition) is 6. The first-order chi connectivity index (χ1) is 17.5. The molecular weight excluding hydrogens is 476 g/mol. The Morgan fingerprint density at radius 2 is 1.86 bits per heavy atom. The Balaban J connectivity index is 1.58. The molecule has 8 heteroatoms. The van der Waals surface area contributed by atoms with E-state index in [1.54, 1.807) is 30.3 Å². The SMILES string of the molecule is [C-]#[N+]c1ccc([C@H](O)CN2CCN(c3ccc(OCCO)cc3C#N)[C@H](c3ccc(Cl)cc3)C2)cc1. The number of aliphatic hydroxyl groups is 2. The standard InChI is InChI=1S/C28H27ClN4O3/c1-31-24-8-4-21(5-9-24)28(35)19-32-12-13-33(27(18-32)20-2-6-23(29)7-3-20)26-11-10-25(36-15-14-34)16-22(26)17-30/h2-11,16,27-28,34-35H,12-15,18-19H2/t27-,28+/m0/s1. The van der Waals surface area contributed by atoms with E-state index in [0.717, 1.165) is 16.8 Å². The van der Waals surface area contributed by atoms with Crippen LogP contribution < -0.4 is 9.64 Å². The fraction of sp³-hybridized carbons (Fsp3) is 0.286. The Bertz CT molecular complexity index is 1250. The Morgan fingerprint density at radius 1 is 1.11 bits per heavy atom. The molecule has 2 N–H and O–H groups in total. The van der Waals surface area contributed by atoms with Crippen LogP contribution in [0, 0.1) is 17.9 Å². The second-order valence-electron chi connectivity index (χ2n) is 8.60. The van der Waals surface area contributed by atoms with E-state index in [9.17, 15) is 10.4 Å². The molecule has 3 aromatic carbocycles. The van der Waals surface area contributed by atoms with Gasteiger partial charge in [-0.2, -0.15) is 5.26 Å². The fourth-order valence-corrected chi connectivity index (χ4v) is 4.62. The predicted molar refractivity (Wildman–Crippen MR) is 139 cm³/mol. The molecule has 36 heavy (non-hydrogen) atoms. The van der Waals surface area contributed by atoms with Gasteiger partial charge in [-0.1, -0.05) is 48.0 Å². The molecule has 0 aromatic heterocycles. The quantitative estimate of drug-likeness (QED) is 0.433. The van der Waals surface area contributed by atoms with Gasteiger partial charge in [0, 0.05) is 31.2 Å². The van der Waals surface area contributed by atoms with Crippen LogP contribution in [0.1, 0.15) is 28.8 Å². The van der Waals surface area contributed by atoms with Gasteiger partial charge >= 0.3 is 0 Å². The molecule has 1 heterocycles. The number of ether oxygens (including phenoxy) is 1. The highest BCUT2D eigenvalue weighted by Gasteiger charge is 2.31. The predicted octanol–water partition coefficient (Wildman–Crippen LogP) is 4.73. The van der Waals surface area contributed by atoms with Gasteiger partial charge in [-0.25, -0.2) is 4.85 Å². The lowest BCUT2D eigenvalue weighted by Gasteiger charge is -2.44. The highest BCUT2D eigenvalue weighted by Crippen LogP contribution is 2.35. The summed E-state index contributed by atoms with van der Waals surface area (Å²) in [6.07, 6.45) is -0.681. The maximum Gasteiger partial charge on any atom is 0.187 e. The number of nitrogens with zero attached hydrogens (tertiary/aromatic N) is 4. The van der Waals surface area contributed by atoms with Crippen LogP contribution in [0.15, 0.2) is 66.7 Å². The van der Waals surface area contributed by atoms with E-state index in [1.165, 1.54) is 0 Å². The van der Waals surface area contributed by atoms with Crippen LogP contribution in [0.25, 0.3) is 4.85 Å². The summed E-state index contributed by atoms with van der Waals surface area (Å²) in [5, 5.41) is 30.4. The van der Waals surface area contributed by atoms with Crippen molar-refractivity contribution in [3.8, 4) is 11.8 Å². The number of aliphatic hydroxyl groups excluding tert-OH is 2. The largest absolute Gasteiger partial charge is 0.491 e. The first-order valence-electron chi connectivity index (χ1n) is 11.7. The number of β-amino-alcohol motifs (C(OH)–C–C–N with tert-alkyl or cyclic N) is 1. The monoisotopic (exact) mass is 502 g/mol. The maximum absolute atomic E-state index is 10.9. The lowest BCUT2D eigenvalue weighted by atomic mass is 9.99. The normalized spacial score (nSPS) is 16.7. The lowest BCUT2D eigenvalue weighted by Crippen LogP contribution is -2.49. The van der Waals surface area contributed by atoms with Crippen LogP contribution >= 0.6 is 11.6 Å². The zero-order valence-corrected chi connectivity index (χ0v) is 20.5. The van der Waals surface area contributed by atoms with Gasteiger partial charge in [-0.3, -0.25) is 4.90 Å². The molecule has 184 valence electrons. The van der Waals surface area contributed by atoms with Gasteiger partial charge < -0.3 is 19.8 Å². The van der Waals surface area contributed by atoms with Crippen molar-refractivity contribution >= 4 is 23.0 Å². The topological polar surface area (TPSA) is 84.3 Å². The van der Waals surface area contributed by atoms with Crippen molar-refractivity contribution in [2.24, 2.45) is 0 Å². The Labute approximate surface area is 216 Å². The second kappa shape index (κ2) is 11.9. The molecule has 0 aliphatic carbocycles. The Morgan fingerprint density at radius 3 is 2.53 bits per heavy atom.